The van der Waals surface area contributed by atoms with Crippen LogP contribution in [0, 0.1) is 19.1 Å². The molecule has 0 aliphatic rings. The van der Waals surface area contributed by atoms with E-state index in [0.29, 0.717) is 12.2 Å². The molecule has 0 unspecified atom stereocenters. The third-order valence-corrected chi connectivity index (χ3v) is 3.33. The van der Waals surface area contributed by atoms with Gasteiger partial charge in [-0.1, -0.05) is 13.8 Å². The highest BCUT2D eigenvalue weighted by Gasteiger charge is 2.21. The Kier molecular flexibility index (Phi) is 5.54. The fraction of sp³-hybridized carbons (Fsp3) is 0.538. The van der Waals surface area contributed by atoms with E-state index in [1.54, 1.807) is 12.1 Å². The number of nitrogens with one attached hydrogen (secondary N) is 1. The number of nitro benzene ring substituents is 1. The highest BCUT2D eigenvalue weighted by Crippen LogP contribution is 2.27. The Morgan fingerprint density at radius 1 is 1.42 bits per heavy atom. The predicted octanol–water partition coefficient (Wildman–Crippen LogP) is 3.20. The average molecular weight is 377 g/mol. The van der Waals surface area contributed by atoms with Crippen molar-refractivity contribution >= 4 is 34.0 Å². The number of nitro groups is 1. The maximum Gasteiger partial charge on any atom is 0.293 e. The maximum atomic E-state index is 11.0. The number of nitrogens with zero attached hydrogens (tertiary/aromatic N) is 2. The number of hydrogen-bond donors (Lipinski definition) is 1. The molecule has 6 heteroatoms. The van der Waals surface area contributed by atoms with Gasteiger partial charge in [0.2, 0.25) is 0 Å². The fourth-order valence-corrected chi connectivity index (χ4v) is 2.53. The van der Waals surface area contributed by atoms with Gasteiger partial charge in [0.1, 0.15) is 5.69 Å². The third-order valence-electron chi connectivity index (χ3n) is 2.66. The highest BCUT2D eigenvalue weighted by molar-refractivity contribution is 14.1. The zero-order valence-electron chi connectivity index (χ0n) is 11.7. The maximum absolute atomic E-state index is 11.0. The van der Waals surface area contributed by atoms with E-state index in [4.69, 9.17) is 0 Å². The van der Waals surface area contributed by atoms with E-state index >= 15 is 0 Å². The molecule has 0 fully saturated rings. The predicted molar refractivity (Wildman–Crippen MR) is 86.6 cm³/mol. The summed E-state index contributed by atoms with van der Waals surface area (Å²) in [4.78, 5) is 12.8. The van der Waals surface area contributed by atoms with Crippen molar-refractivity contribution < 1.29 is 4.92 Å². The molecule has 1 N–H and O–H groups in total. The number of anilines is 1. The Bertz CT molecular complexity index is 461. The summed E-state index contributed by atoms with van der Waals surface area (Å²) >= 11 is 2.08. The standard InChI is InChI=1S/C13H20IN3O2/c1-13(2,9-16(3)4)8-15-11-6-5-10(14)7-12(11)17(18)19/h5-7,15H,8-9H2,1-4H3. The van der Waals surface area contributed by atoms with Crippen molar-refractivity contribution in [2.75, 3.05) is 32.5 Å². The molecule has 0 aliphatic heterocycles. The molecule has 1 aromatic carbocycles. The van der Waals surface area contributed by atoms with Gasteiger partial charge in [0.15, 0.2) is 0 Å². The minimum Gasteiger partial charge on any atom is -0.379 e. The van der Waals surface area contributed by atoms with E-state index in [1.165, 1.54) is 0 Å². The van der Waals surface area contributed by atoms with Crippen LogP contribution in [0.15, 0.2) is 18.2 Å². The molecule has 0 spiro atoms. The van der Waals surface area contributed by atoms with Crippen molar-refractivity contribution in [3.63, 3.8) is 0 Å². The van der Waals surface area contributed by atoms with Gasteiger partial charge >= 0.3 is 0 Å². The van der Waals surface area contributed by atoms with Gasteiger partial charge in [-0.15, -0.1) is 0 Å². The minimum atomic E-state index is -0.344. The van der Waals surface area contributed by atoms with E-state index in [1.807, 2.05) is 20.2 Å². The van der Waals surface area contributed by atoms with Crippen LogP contribution in [0.2, 0.25) is 0 Å². The molecule has 5 nitrogen and oxygen atoms in total. The van der Waals surface area contributed by atoms with E-state index in [2.05, 4.69) is 46.7 Å². The molecular weight excluding hydrogens is 357 g/mol. The molecule has 0 bridgehead atoms. The van der Waals surface area contributed by atoms with Gasteiger partial charge in [-0.05, 0) is 54.2 Å². The summed E-state index contributed by atoms with van der Waals surface area (Å²) in [6.07, 6.45) is 0. The Labute approximate surface area is 127 Å². The second-order valence-corrected chi connectivity index (χ2v) is 6.92. The summed E-state index contributed by atoms with van der Waals surface area (Å²) in [6.45, 7) is 5.88. The molecule has 0 aliphatic carbocycles. The van der Waals surface area contributed by atoms with Crippen LogP contribution in [-0.2, 0) is 0 Å². The third kappa shape index (κ3) is 5.32. The van der Waals surface area contributed by atoms with Crippen molar-refractivity contribution in [1.29, 1.82) is 0 Å². The first-order valence-electron chi connectivity index (χ1n) is 6.04. The summed E-state index contributed by atoms with van der Waals surface area (Å²) in [7, 11) is 4.05. The quantitative estimate of drug-likeness (QED) is 0.470. The van der Waals surface area contributed by atoms with Gasteiger partial charge in [-0.3, -0.25) is 10.1 Å². The van der Waals surface area contributed by atoms with E-state index in [0.717, 1.165) is 10.1 Å². The van der Waals surface area contributed by atoms with Crippen LogP contribution in [0.5, 0.6) is 0 Å². The highest BCUT2D eigenvalue weighted by atomic mass is 127. The van der Waals surface area contributed by atoms with Crippen LogP contribution < -0.4 is 5.32 Å². The van der Waals surface area contributed by atoms with Gasteiger partial charge in [0.05, 0.1) is 4.92 Å². The Hall–Kier alpha value is -0.890. The Morgan fingerprint density at radius 3 is 2.58 bits per heavy atom. The van der Waals surface area contributed by atoms with Gasteiger partial charge in [0.25, 0.3) is 5.69 Å². The molecule has 0 radical (unpaired) electrons. The largest absolute Gasteiger partial charge is 0.379 e. The molecule has 0 saturated carbocycles. The first-order valence-corrected chi connectivity index (χ1v) is 7.12. The average Bonchev–Trinajstić information content (AvgIpc) is 2.25. The SMILES string of the molecule is CN(C)CC(C)(C)CNc1ccc(I)cc1[N+](=O)[O-]. The van der Waals surface area contributed by atoms with Crippen LogP contribution >= 0.6 is 22.6 Å². The molecular formula is C13H20IN3O2. The molecule has 0 amide bonds. The fourth-order valence-electron chi connectivity index (χ4n) is 2.05. The minimum absolute atomic E-state index is 0.0420. The Morgan fingerprint density at radius 2 is 2.05 bits per heavy atom. The molecule has 0 heterocycles. The normalized spacial score (nSPS) is 11.7. The van der Waals surface area contributed by atoms with Crippen molar-refractivity contribution in [2.24, 2.45) is 5.41 Å². The molecule has 106 valence electrons. The lowest BCUT2D eigenvalue weighted by molar-refractivity contribution is -0.384. The lowest BCUT2D eigenvalue weighted by Crippen LogP contribution is -2.34. The number of hydrogen-bond acceptors (Lipinski definition) is 4. The smallest absolute Gasteiger partial charge is 0.293 e. The monoisotopic (exact) mass is 377 g/mol. The summed E-state index contributed by atoms with van der Waals surface area (Å²) in [5.41, 5.74) is 0.755. The van der Waals surface area contributed by atoms with E-state index < -0.39 is 0 Å². The van der Waals surface area contributed by atoms with Gasteiger partial charge in [-0.25, -0.2) is 0 Å². The lowest BCUT2D eigenvalue weighted by Gasteiger charge is -2.28. The zero-order chi connectivity index (χ0) is 14.6. The number of benzene rings is 1. The van der Waals surface area contributed by atoms with Crippen molar-refractivity contribution in [3.8, 4) is 0 Å². The lowest BCUT2D eigenvalue weighted by atomic mass is 9.93. The molecule has 0 saturated heterocycles. The molecule has 19 heavy (non-hydrogen) atoms. The van der Waals surface area contributed by atoms with Crippen molar-refractivity contribution in [2.45, 2.75) is 13.8 Å². The first kappa shape index (κ1) is 16.2. The van der Waals surface area contributed by atoms with Crippen LogP contribution in [0.25, 0.3) is 0 Å². The van der Waals surface area contributed by atoms with Crippen molar-refractivity contribution in [3.05, 3.63) is 31.9 Å². The van der Waals surface area contributed by atoms with Crippen LogP contribution in [0.1, 0.15) is 13.8 Å². The van der Waals surface area contributed by atoms with Crippen LogP contribution in [-0.4, -0.2) is 37.0 Å². The first-order chi connectivity index (χ1) is 8.71. The second kappa shape index (κ2) is 6.51. The summed E-state index contributed by atoms with van der Waals surface area (Å²) in [6, 6.07) is 5.22. The van der Waals surface area contributed by atoms with Crippen molar-refractivity contribution in [1.82, 2.24) is 4.90 Å². The zero-order valence-corrected chi connectivity index (χ0v) is 13.9. The van der Waals surface area contributed by atoms with E-state index in [-0.39, 0.29) is 16.0 Å². The number of halogens is 1. The number of rotatable bonds is 6. The molecule has 0 atom stereocenters. The van der Waals surface area contributed by atoms with Gasteiger partial charge < -0.3 is 10.2 Å². The van der Waals surface area contributed by atoms with Gasteiger partial charge in [-0.2, -0.15) is 0 Å². The van der Waals surface area contributed by atoms with Gasteiger partial charge in [0, 0.05) is 22.7 Å². The summed E-state index contributed by atoms with van der Waals surface area (Å²) in [5, 5.41) is 14.2. The topological polar surface area (TPSA) is 58.4 Å². The molecule has 0 aromatic heterocycles. The summed E-state index contributed by atoms with van der Waals surface area (Å²) in [5.74, 6) is 0. The molecule has 1 rings (SSSR count). The van der Waals surface area contributed by atoms with Crippen LogP contribution in [0.3, 0.4) is 0 Å². The Balaban J connectivity index is 2.80. The van der Waals surface area contributed by atoms with E-state index in [9.17, 15) is 10.1 Å². The van der Waals surface area contributed by atoms with Crippen LogP contribution in [0.4, 0.5) is 11.4 Å². The molecule has 1 aromatic rings. The second-order valence-electron chi connectivity index (χ2n) is 5.67. The summed E-state index contributed by atoms with van der Waals surface area (Å²) < 4.78 is 0.863.